The van der Waals surface area contributed by atoms with E-state index in [2.05, 4.69) is 45.6 Å². The number of amides is 1. The van der Waals surface area contributed by atoms with Crippen molar-refractivity contribution in [2.75, 3.05) is 30.3 Å². The lowest BCUT2D eigenvalue weighted by atomic mass is 10.1. The van der Waals surface area contributed by atoms with E-state index in [-0.39, 0.29) is 18.6 Å². The zero-order valence-corrected chi connectivity index (χ0v) is 25.7. The molecule has 1 saturated heterocycles. The third-order valence-corrected chi connectivity index (χ3v) is 8.08. The van der Waals surface area contributed by atoms with Crippen LogP contribution in [-0.2, 0) is 11.8 Å². The van der Waals surface area contributed by atoms with E-state index in [1.807, 2.05) is 63.5 Å². The molecule has 1 amide bonds. The Hall–Kier alpha value is -5.69. The van der Waals surface area contributed by atoms with Gasteiger partial charge in [-0.3, -0.25) is 19.4 Å². The highest BCUT2D eigenvalue weighted by Gasteiger charge is 2.26. The Balaban J connectivity index is 0.989. The number of aryl methyl sites for hydroxylation is 3. The third-order valence-electron chi connectivity index (χ3n) is 8.08. The van der Waals surface area contributed by atoms with Crippen molar-refractivity contribution in [1.29, 1.82) is 0 Å². The van der Waals surface area contributed by atoms with Gasteiger partial charge in [-0.1, -0.05) is 12.1 Å². The van der Waals surface area contributed by atoms with Crippen LogP contribution in [0.1, 0.15) is 17.7 Å². The van der Waals surface area contributed by atoms with Crippen molar-refractivity contribution >= 4 is 34.3 Å². The molecule has 6 heterocycles. The Morgan fingerprint density at radius 1 is 1.07 bits per heavy atom. The number of benzene rings is 1. The summed E-state index contributed by atoms with van der Waals surface area (Å²) in [6, 6.07) is 11.9. The quantitative estimate of drug-likeness (QED) is 0.209. The lowest BCUT2D eigenvalue weighted by molar-refractivity contribution is -0.117. The van der Waals surface area contributed by atoms with Gasteiger partial charge in [0.2, 0.25) is 11.9 Å². The van der Waals surface area contributed by atoms with Crippen LogP contribution in [0.15, 0.2) is 73.6 Å². The number of likely N-dealkylation sites (tertiary alicyclic amines) is 1. The minimum absolute atomic E-state index is 0.0915. The van der Waals surface area contributed by atoms with Gasteiger partial charge in [0.1, 0.15) is 6.10 Å². The number of hydrogen-bond acceptors (Lipinski definition) is 10. The van der Waals surface area contributed by atoms with E-state index >= 15 is 0 Å². The van der Waals surface area contributed by atoms with Crippen LogP contribution in [0.5, 0.6) is 6.01 Å². The minimum atomic E-state index is -0.0994. The average molecular weight is 616 g/mol. The van der Waals surface area contributed by atoms with Crippen molar-refractivity contribution in [3.8, 4) is 28.4 Å². The fraction of sp³-hybridized carbons (Fsp3) is 0.242. The van der Waals surface area contributed by atoms with Crippen LogP contribution in [0.3, 0.4) is 0 Å². The number of anilines is 3. The number of H-pyrrole nitrogens is 1. The second-order valence-corrected chi connectivity index (χ2v) is 11.4. The standard InChI is InChI=1S/C33H33N11O2/c1-20-14-36-32(40-28-13-21(2)43(3)42-28)41-30(20)26-17-35-31-25(26)5-4-6-27(31)39-29(45)19-44-12-9-24(18-44)46-33-37-15-23(16-38-33)22-7-10-34-11-8-22/h4-8,10-11,13-17,24,35H,9,12,18-19H2,1-3H3,(H,39,45)(H,36,40,41,42). The lowest BCUT2D eigenvalue weighted by Gasteiger charge is -2.16. The van der Waals surface area contributed by atoms with Crippen LogP contribution in [0.2, 0.25) is 0 Å². The number of rotatable bonds is 9. The summed E-state index contributed by atoms with van der Waals surface area (Å²) in [5.41, 5.74) is 7.09. The van der Waals surface area contributed by atoms with Gasteiger partial charge in [0.25, 0.3) is 0 Å². The summed E-state index contributed by atoms with van der Waals surface area (Å²) in [5, 5.41) is 11.7. The maximum atomic E-state index is 13.2. The summed E-state index contributed by atoms with van der Waals surface area (Å²) < 4.78 is 7.82. The maximum absolute atomic E-state index is 13.2. The average Bonchev–Trinajstić information content (AvgIpc) is 3.77. The van der Waals surface area contributed by atoms with Crippen LogP contribution in [0.4, 0.5) is 17.5 Å². The van der Waals surface area contributed by atoms with Crippen molar-refractivity contribution in [2.45, 2.75) is 26.4 Å². The molecule has 0 bridgehead atoms. The first-order chi connectivity index (χ1) is 22.4. The molecule has 1 aliphatic heterocycles. The molecule has 1 unspecified atom stereocenters. The molecule has 1 fully saturated rings. The van der Waals surface area contributed by atoms with Gasteiger partial charge in [-0.15, -0.1) is 0 Å². The predicted molar refractivity (Wildman–Crippen MR) is 175 cm³/mol. The van der Waals surface area contributed by atoms with Gasteiger partial charge in [-0.25, -0.2) is 19.9 Å². The van der Waals surface area contributed by atoms with E-state index in [0.29, 0.717) is 30.0 Å². The first-order valence-corrected chi connectivity index (χ1v) is 15.0. The SMILES string of the molecule is Cc1cnc(Nc2cc(C)n(C)n2)nc1-c1c[nH]c2c(NC(=O)CN3CCC(Oc4ncc(-c5ccncc5)cn4)C3)cccc12. The molecule has 5 aromatic heterocycles. The summed E-state index contributed by atoms with van der Waals surface area (Å²) in [6.45, 7) is 5.57. The van der Waals surface area contributed by atoms with Crippen LogP contribution < -0.4 is 15.4 Å². The number of carbonyl (C=O) groups excluding carboxylic acids is 1. The van der Waals surface area contributed by atoms with E-state index in [1.165, 1.54) is 0 Å². The molecule has 1 aliphatic rings. The van der Waals surface area contributed by atoms with Gasteiger partial charge in [0, 0.05) is 85.6 Å². The van der Waals surface area contributed by atoms with Gasteiger partial charge in [-0.05, 0) is 49.6 Å². The minimum Gasteiger partial charge on any atom is -0.459 e. The Kier molecular flexibility index (Phi) is 7.81. The first-order valence-electron chi connectivity index (χ1n) is 15.0. The normalized spacial score (nSPS) is 14.9. The van der Waals surface area contributed by atoms with E-state index in [1.54, 1.807) is 35.7 Å². The third kappa shape index (κ3) is 6.13. The van der Waals surface area contributed by atoms with Crippen LogP contribution >= 0.6 is 0 Å². The fourth-order valence-electron chi connectivity index (χ4n) is 5.61. The zero-order valence-electron chi connectivity index (χ0n) is 25.7. The number of carbonyl (C=O) groups is 1. The van der Waals surface area contributed by atoms with E-state index in [0.717, 1.165) is 57.5 Å². The molecule has 1 aromatic carbocycles. The molecule has 0 radical (unpaired) electrons. The Morgan fingerprint density at radius 3 is 2.67 bits per heavy atom. The van der Waals surface area contributed by atoms with Crippen LogP contribution in [0.25, 0.3) is 33.3 Å². The van der Waals surface area contributed by atoms with Crippen molar-refractivity contribution in [1.82, 2.24) is 44.6 Å². The Bertz CT molecular complexity index is 1980. The summed E-state index contributed by atoms with van der Waals surface area (Å²) in [5.74, 6) is 1.04. The molecule has 3 N–H and O–H groups in total. The Morgan fingerprint density at radius 2 is 1.89 bits per heavy atom. The van der Waals surface area contributed by atoms with Crippen molar-refractivity contribution in [2.24, 2.45) is 7.05 Å². The Labute approximate surface area is 265 Å². The summed E-state index contributed by atoms with van der Waals surface area (Å²) >= 11 is 0. The molecule has 46 heavy (non-hydrogen) atoms. The summed E-state index contributed by atoms with van der Waals surface area (Å²) in [6.07, 6.45) is 11.4. The number of aromatic nitrogens is 8. The van der Waals surface area contributed by atoms with Crippen LogP contribution in [-0.4, -0.2) is 76.2 Å². The van der Waals surface area contributed by atoms with Crippen molar-refractivity contribution < 1.29 is 9.53 Å². The molecule has 13 heteroatoms. The van der Waals surface area contributed by atoms with Crippen molar-refractivity contribution in [3.63, 3.8) is 0 Å². The first kappa shape index (κ1) is 29.0. The lowest BCUT2D eigenvalue weighted by Crippen LogP contribution is -2.33. The van der Waals surface area contributed by atoms with E-state index in [4.69, 9.17) is 9.72 Å². The fourth-order valence-corrected chi connectivity index (χ4v) is 5.61. The number of nitrogens with one attached hydrogen (secondary N) is 3. The summed E-state index contributed by atoms with van der Waals surface area (Å²) in [4.78, 5) is 40.6. The topological polar surface area (TPSA) is 152 Å². The van der Waals surface area contributed by atoms with Crippen LogP contribution in [0, 0.1) is 13.8 Å². The molecule has 0 aliphatic carbocycles. The van der Waals surface area contributed by atoms with Gasteiger partial charge in [-0.2, -0.15) is 5.10 Å². The number of para-hydroxylation sites is 1. The monoisotopic (exact) mass is 615 g/mol. The van der Waals surface area contributed by atoms with Gasteiger partial charge >= 0.3 is 6.01 Å². The van der Waals surface area contributed by atoms with E-state index in [9.17, 15) is 4.79 Å². The highest BCUT2D eigenvalue weighted by molar-refractivity contribution is 6.06. The number of hydrogen-bond donors (Lipinski definition) is 3. The molecule has 1 atom stereocenters. The summed E-state index contributed by atoms with van der Waals surface area (Å²) in [7, 11) is 1.89. The second kappa shape index (κ2) is 12.4. The van der Waals surface area contributed by atoms with E-state index < -0.39 is 0 Å². The molecular formula is C33H33N11O2. The molecule has 7 rings (SSSR count). The molecule has 0 saturated carbocycles. The van der Waals surface area contributed by atoms with Gasteiger partial charge < -0.3 is 20.4 Å². The molecule has 13 nitrogen and oxygen atoms in total. The number of aromatic amines is 1. The van der Waals surface area contributed by atoms with Crippen molar-refractivity contribution in [3.05, 3.63) is 84.8 Å². The smallest absolute Gasteiger partial charge is 0.316 e. The molecule has 232 valence electrons. The number of fused-ring (bicyclic) bond motifs is 1. The highest BCUT2D eigenvalue weighted by Crippen LogP contribution is 2.33. The van der Waals surface area contributed by atoms with Gasteiger partial charge in [0.15, 0.2) is 5.82 Å². The zero-order chi connectivity index (χ0) is 31.6. The largest absolute Gasteiger partial charge is 0.459 e. The predicted octanol–water partition coefficient (Wildman–Crippen LogP) is 4.66. The number of pyridine rings is 1. The highest BCUT2D eigenvalue weighted by atomic mass is 16.5. The maximum Gasteiger partial charge on any atom is 0.316 e. The molecule has 6 aromatic rings. The number of ether oxygens (including phenoxy) is 1. The molecular weight excluding hydrogens is 582 g/mol. The molecule has 0 spiro atoms. The second-order valence-electron chi connectivity index (χ2n) is 11.4. The van der Waals surface area contributed by atoms with Gasteiger partial charge in [0.05, 0.1) is 23.4 Å². The number of nitrogens with zero attached hydrogens (tertiary/aromatic N) is 8.